The smallest absolute Gasteiger partial charge is 0.328 e. The number of aromatic nitrogens is 2. The number of amides is 1. The van der Waals surface area contributed by atoms with Crippen molar-refractivity contribution < 1.29 is 9.18 Å². The molecule has 0 atom stereocenters. The van der Waals surface area contributed by atoms with Crippen molar-refractivity contribution in [1.82, 2.24) is 9.55 Å². The number of benzene rings is 1. The molecule has 2 aromatic rings. The lowest BCUT2D eigenvalue weighted by Gasteiger charge is -2.07. The lowest BCUT2D eigenvalue weighted by atomic mass is 10.3. The number of nitrogens with two attached hydrogens (primary N) is 1. The van der Waals surface area contributed by atoms with Gasteiger partial charge in [0.1, 0.15) is 6.54 Å². The molecule has 0 spiro atoms. The van der Waals surface area contributed by atoms with Gasteiger partial charge in [-0.1, -0.05) is 6.07 Å². The van der Waals surface area contributed by atoms with E-state index in [2.05, 4.69) is 5.32 Å². The Labute approximate surface area is 111 Å². The Morgan fingerprint density at radius 1 is 1.40 bits per heavy atom. The van der Waals surface area contributed by atoms with Gasteiger partial charge in [0.05, 0.1) is 6.20 Å². The van der Waals surface area contributed by atoms with Gasteiger partial charge in [-0.05, 0) is 18.2 Å². The van der Waals surface area contributed by atoms with Gasteiger partial charge in [0.25, 0.3) is 5.56 Å². The van der Waals surface area contributed by atoms with Gasteiger partial charge < -0.3 is 11.1 Å². The fraction of sp³-hybridized carbons (Fsp3) is 0.0833. The third kappa shape index (κ3) is 3.10. The van der Waals surface area contributed by atoms with Crippen LogP contribution in [0.1, 0.15) is 0 Å². The fourth-order valence-corrected chi connectivity index (χ4v) is 1.57. The number of halogens is 1. The average molecular weight is 278 g/mol. The molecule has 0 bridgehead atoms. The number of anilines is 2. The molecular weight excluding hydrogens is 267 g/mol. The number of carbonyl (C=O) groups is 1. The topological polar surface area (TPSA) is 110 Å². The van der Waals surface area contributed by atoms with Crippen molar-refractivity contribution in [1.29, 1.82) is 0 Å². The van der Waals surface area contributed by atoms with Crippen molar-refractivity contribution in [3.8, 4) is 0 Å². The summed E-state index contributed by atoms with van der Waals surface area (Å²) in [5.41, 5.74) is 4.49. The highest BCUT2D eigenvalue weighted by Gasteiger charge is 2.08. The van der Waals surface area contributed by atoms with Gasteiger partial charge in [-0.25, -0.2) is 4.79 Å². The van der Waals surface area contributed by atoms with E-state index < -0.39 is 29.5 Å². The highest BCUT2D eigenvalue weighted by Crippen LogP contribution is 2.11. The highest BCUT2D eigenvalue weighted by molar-refractivity contribution is 5.90. The maximum atomic E-state index is 13.0. The molecule has 4 N–H and O–H groups in total. The van der Waals surface area contributed by atoms with Crippen LogP contribution < -0.4 is 22.3 Å². The molecule has 1 amide bonds. The van der Waals surface area contributed by atoms with Crippen LogP contribution in [0.5, 0.6) is 0 Å². The molecule has 0 aliphatic heterocycles. The molecule has 0 saturated heterocycles. The molecular formula is C12H11FN4O3. The zero-order valence-electron chi connectivity index (χ0n) is 10.2. The zero-order chi connectivity index (χ0) is 14.7. The van der Waals surface area contributed by atoms with Gasteiger partial charge >= 0.3 is 5.69 Å². The molecule has 0 aliphatic carbocycles. The molecule has 20 heavy (non-hydrogen) atoms. The van der Waals surface area contributed by atoms with Crippen LogP contribution in [0.2, 0.25) is 0 Å². The second kappa shape index (κ2) is 5.39. The van der Waals surface area contributed by atoms with E-state index in [1.807, 2.05) is 0 Å². The summed E-state index contributed by atoms with van der Waals surface area (Å²) >= 11 is 0. The van der Waals surface area contributed by atoms with Gasteiger partial charge in [-0.2, -0.15) is 4.39 Å². The number of hydrogen-bond donors (Lipinski definition) is 3. The highest BCUT2D eigenvalue weighted by atomic mass is 19.1. The van der Waals surface area contributed by atoms with E-state index in [0.717, 1.165) is 4.57 Å². The van der Waals surface area contributed by atoms with Gasteiger partial charge in [-0.15, -0.1) is 0 Å². The van der Waals surface area contributed by atoms with E-state index in [9.17, 15) is 18.8 Å². The quantitative estimate of drug-likeness (QED) is 0.681. The van der Waals surface area contributed by atoms with Crippen LogP contribution in [0.25, 0.3) is 0 Å². The number of nitrogens with one attached hydrogen (secondary N) is 2. The number of carbonyl (C=O) groups excluding carboxylic acids is 1. The maximum Gasteiger partial charge on any atom is 0.328 e. The minimum absolute atomic E-state index is 0.429. The standard InChI is InChI=1S/C12H11FN4O3/c13-9-5-17(12(20)16-11(9)19)6-10(18)15-8-3-1-2-7(14)4-8/h1-5H,6,14H2,(H,15,18)(H,16,19,20). The molecule has 0 aliphatic rings. The first-order chi connectivity index (χ1) is 9.45. The summed E-state index contributed by atoms with van der Waals surface area (Å²) in [6.07, 6.45) is 0.681. The van der Waals surface area contributed by atoms with E-state index >= 15 is 0 Å². The van der Waals surface area contributed by atoms with E-state index in [4.69, 9.17) is 5.73 Å². The van der Waals surface area contributed by atoms with E-state index in [1.54, 1.807) is 23.2 Å². The summed E-state index contributed by atoms with van der Waals surface area (Å²) in [5.74, 6) is -1.69. The number of hydrogen-bond acceptors (Lipinski definition) is 4. The number of H-pyrrole nitrogens is 1. The minimum atomic E-state index is -1.14. The van der Waals surface area contributed by atoms with E-state index in [1.165, 1.54) is 6.07 Å². The van der Waals surface area contributed by atoms with Crippen molar-refractivity contribution in [2.75, 3.05) is 11.1 Å². The molecule has 2 rings (SSSR count). The summed E-state index contributed by atoms with van der Waals surface area (Å²) in [6, 6.07) is 6.45. The Bertz CT molecular complexity index is 766. The Morgan fingerprint density at radius 3 is 2.85 bits per heavy atom. The first-order valence-corrected chi connectivity index (χ1v) is 5.60. The van der Waals surface area contributed by atoms with Crippen molar-refractivity contribution >= 4 is 17.3 Å². The number of nitrogens with zero attached hydrogens (tertiary/aromatic N) is 1. The number of nitrogen functional groups attached to an aromatic ring is 1. The first-order valence-electron chi connectivity index (χ1n) is 5.60. The summed E-state index contributed by atoms with van der Waals surface area (Å²) < 4.78 is 13.8. The predicted molar refractivity (Wildman–Crippen MR) is 70.8 cm³/mol. The third-order valence-corrected chi connectivity index (χ3v) is 2.45. The molecule has 1 aromatic heterocycles. The predicted octanol–water partition coefficient (Wildman–Crippen LogP) is -0.103. The van der Waals surface area contributed by atoms with E-state index in [-0.39, 0.29) is 0 Å². The molecule has 0 saturated carbocycles. The molecule has 104 valence electrons. The lowest BCUT2D eigenvalue weighted by molar-refractivity contribution is -0.116. The minimum Gasteiger partial charge on any atom is -0.399 e. The van der Waals surface area contributed by atoms with Gasteiger partial charge in [0, 0.05) is 11.4 Å². The normalized spacial score (nSPS) is 10.2. The van der Waals surface area contributed by atoms with Crippen molar-refractivity contribution in [3.05, 3.63) is 57.1 Å². The summed E-state index contributed by atoms with van der Waals surface area (Å²) in [7, 11) is 0. The van der Waals surface area contributed by atoms with Crippen LogP contribution in [0.15, 0.2) is 40.1 Å². The Kier molecular flexibility index (Phi) is 3.65. The molecule has 1 heterocycles. The van der Waals surface area contributed by atoms with Crippen LogP contribution in [0.3, 0.4) is 0 Å². The first kappa shape index (κ1) is 13.5. The molecule has 0 radical (unpaired) electrons. The lowest BCUT2D eigenvalue weighted by Crippen LogP contribution is -2.34. The third-order valence-electron chi connectivity index (χ3n) is 2.45. The molecule has 0 fully saturated rings. The summed E-state index contributed by atoms with van der Waals surface area (Å²) in [5, 5.41) is 2.50. The van der Waals surface area contributed by atoms with Gasteiger partial charge in [-0.3, -0.25) is 19.1 Å². The number of rotatable bonds is 3. The molecule has 7 nitrogen and oxygen atoms in total. The second-order valence-electron chi connectivity index (χ2n) is 4.04. The molecule has 8 heteroatoms. The Balaban J connectivity index is 2.15. The second-order valence-corrected chi connectivity index (χ2v) is 4.04. The van der Waals surface area contributed by atoms with Crippen LogP contribution >= 0.6 is 0 Å². The maximum absolute atomic E-state index is 13.0. The van der Waals surface area contributed by atoms with Crippen LogP contribution in [0, 0.1) is 5.82 Å². The largest absolute Gasteiger partial charge is 0.399 e. The average Bonchev–Trinajstić information content (AvgIpc) is 2.36. The van der Waals surface area contributed by atoms with Crippen LogP contribution in [0.4, 0.5) is 15.8 Å². The van der Waals surface area contributed by atoms with E-state index in [0.29, 0.717) is 17.6 Å². The Hall–Kier alpha value is -2.90. The van der Waals surface area contributed by atoms with Crippen molar-refractivity contribution in [2.24, 2.45) is 0 Å². The van der Waals surface area contributed by atoms with Gasteiger partial charge in [0.15, 0.2) is 0 Å². The monoisotopic (exact) mass is 278 g/mol. The zero-order valence-corrected chi connectivity index (χ0v) is 10.2. The van der Waals surface area contributed by atoms with Crippen LogP contribution in [-0.4, -0.2) is 15.5 Å². The van der Waals surface area contributed by atoms with Crippen molar-refractivity contribution in [3.63, 3.8) is 0 Å². The number of aromatic amines is 1. The van der Waals surface area contributed by atoms with Gasteiger partial charge in [0.2, 0.25) is 11.7 Å². The fourth-order valence-electron chi connectivity index (χ4n) is 1.57. The summed E-state index contributed by atoms with van der Waals surface area (Å²) in [4.78, 5) is 35.7. The summed E-state index contributed by atoms with van der Waals surface area (Å²) in [6.45, 7) is -0.429. The van der Waals surface area contributed by atoms with Crippen LogP contribution in [-0.2, 0) is 11.3 Å². The molecule has 1 aromatic carbocycles. The van der Waals surface area contributed by atoms with Crippen molar-refractivity contribution in [2.45, 2.75) is 6.54 Å². The molecule has 0 unspecified atom stereocenters. The Morgan fingerprint density at radius 2 is 2.15 bits per heavy atom. The SMILES string of the molecule is Nc1cccc(NC(=O)Cn2cc(F)c(=O)[nH]c2=O)c1.